The standard InChI is InChI=1S/C13H21Cl2N3O/c1-10(14)7-17-5-6-18(8-11(2)15)12(9-17)13(19)16(3)4/h12H,1-2,5-9H2,3-4H3. The molecule has 0 aromatic heterocycles. The van der Waals surface area contributed by atoms with E-state index in [2.05, 4.69) is 23.0 Å². The van der Waals surface area contributed by atoms with Gasteiger partial charge in [0.25, 0.3) is 0 Å². The van der Waals surface area contributed by atoms with E-state index in [-0.39, 0.29) is 11.9 Å². The predicted molar refractivity (Wildman–Crippen MR) is 80.5 cm³/mol. The summed E-state index contributed by atoms with van der Waals surface area (Å²) < 4.78 is 0. The first-order chi connectivity index (χ1) is 8.81. The van der Waals surface area contributed by atoms with E-state index in [1.807, 2.05) is 0 Å². The van der Waals surface area contributed by atoms with Crippen molar-refractivity contribution in [1.29, 1.82) is 0 Å². The normalized spacial score (nSPS) is 21.2. The molecule has 4 nitrogen and oxygen atoms in total. The molecular formula is C13H21Cl2N3O. The minimum absolute atomic E-state index is 0.0720. The monoisotopic (exact) mass is 305 g/mol. The van der Waals surface area contributed by atoms with Crippen LogP contribution in [0.1, 0.15) is 0 Å². The second-order valence-corrected chi connectivity index (χ2v) is 6.06. The van der Waals surface area contributed by atoms with Crippen molar-refractivity contribution in [3.63, 3.8) is 0 Å². The number of rotatable bonds is 5. The van der Waals surface area contributed by atoms with Gasteiger partial charge in [-0.3, -0.25) is 14.6 Å². The van der Waals surface area contributed by atoms with Gasteiger partial charge in [0.05, 0.1) is 0 Å². The van der Waals surface area contributed by atoms with E-state index in [1.165, 1.54) is 0 Å². The smallest absolute Gasteiger partial charge is 0.240 e. The van der Waals surface area contributed by atoms with Gasteiger partial charge in [-0.25, -0.2) is 0 Å². The van der Waals surface area contributed by atoms with Gasteiger partial charge in [0.2, 0.25) is 5.91 Å². The first-order valence-corrected chi connectivity index (χ1v) is 6.91. The number of carbonyl (C=O) groups excluding carboxylic acids is 1. The zero-order valence-electron chi connectivity index (χ0n) is 11.5. The molecule has 6 heteroatoms. The summed E-state index contributed by atoms with van der Waals surface area (Å²) >= 11 is 11.7. The van der Waals surface area contributed by atoms with Crippen molar-refractivity contribution in [2.24, 2.45) is 0 Å². The largest absolute Gasteiger partial charge is 0.347 e. The van der Waals surface area contributed by atoms with Gasteiger partial charge in [0.15, 0.2) is 0 Å². The van der Waals surface area contributed by atoms with Crippen LogP contribution in [0.3, 0.4) is 0 Å². The number of halogens is 2. The second kappa shape index (κ2) is 7.29. The van der Waals surface area contributed by atoms with Crippen LogP contribution in [-0.4, -0.2) is 73.5 Å². The van der Waals surface area contributed by atoms with Gasteiger partial charge in [-0.1, -0.05) is 36.4 Å². The third-order valence-electron chi connectivity index (χ3n) is 3.07. The van der Waals surface area contributed by atoms with Crippen molar-refractivity contribution >= 4 is 29.1 Å². The maximum Gasteiger partial charge on any atom is 0.240 e. The van der Waals surface area contributed by atoms with Crippen LogP contribution < -0.4 is 0 Å². The van der Waals surface area contributed by atoms with E-state index < -0.39 is 0 Å². The van der Waals surface area contributed by atoms with Gasteiger partial charge in [-0.2, -0.15) is 0 Å². The van der Waals surface area contributed by atoms with E-state index in [4.69, 9.17) is 23.2 Å². The SMILES string of the molecule is C=C(Cl)CN1CCN(CC(=C)Cl)C(C(=O)N(C)C)C1. The molecule has 1 aliphatic rings. The van der Waals surface area contributed by atoms with Crippen molar-refractivity contribution in [3.8, 4) is 0 Å². The zero-order valence-corrected chi connectivity index (χ0v) is 13.0. The number of nitrogens with zero attached hydrogens (tertiary/aromatic N) is 3. The summed E-state index contributed by atoms with van der Waals surface area (Å²) in [6.07, 6.45) is 0. The molecule has 0 aliphatic carbocycles. The third kappa shape index (κ3) is 5.15. The molecule has 1 atom stereocenters. The number of piperazine rings is 1. The second-order valence-electron chi connectivity index (χ2n) is 4.99. The first kappa shape index (κ1) is 16.5. The summed E-state index contributed by atoms with van der Waals surface area (Å²) in [5.41, 5.74) is 0. The Morgan fingerprint density at radius 1 is 1.21 bits per heavy atom. The molecule has 1 saturated heterocycles. The molecule has 0 bridgehead atoms. The number of hydrogen-bond acceptors (Lipinski definition) is 3. The average molecular weight is 306 g/mol. The molecule has 0 aromatic carbocycles. The molecule has 1 unspecified atom stereocenters. The van der Waals surface area contributed by atoms with Crippen LogP contribution in [0.2, 0.25) is 0 Å². The highest BCUT2D eigenvalue weighted by Crippen LogP contribution is 2.16. The highest BCUT2D eigenvalue weighted by atomic mass is 35.5. The van der Waals surface area contributed by atoms with Crippen molar-refractivity contribution in [3.05, 3.63) is 23.2 Å². The predicted octanol–water partition coefficient (Wildman–Crippen LogP) is 1.57. The summed E-state index contributed by atoms with van der Waals surface area (Å²) in [4.78, 5) is 18.0. The van der Waals surface area contributed by atoms with Crippen LogP contribution in [-0.2, 0) is 4.79 Å². The van der Waals surface area contributed by atoms with E-state index in [0.717, 1.165) is 13.1 Å². The van der Waals surface area contributed by atoms with Crippen molar-refractivity contribution < 1.29 is 4.79 Å². The number of hydrogen-bond donors (Lipinski definition) is 0. The molecule has 108 valence electrons. The van der Waals surface area contributed by atoms with E-state index in [1.54, 1.807) is 19.0 Å². The van der Waals surface area contributed by atoms with Gasteiger partial charge in [0, 0.05) is 56.9 Å². The molecule has 1 rings (SSSR count). The van der Waals surface area contributed by atoms with Crippen LogP contribution in [0.4, 0.5) is 0 Å². The fourth-order valence-electron chi connectivity index (χ4n) is 2.21. The van der Waals surface area contributed by atoms with Crippen LogP contribution in [0, 0.1) is 0 Å². The Labute approximate surface area is 125 Å². The van der Waals surface area contributed by atoms with Crippen LogP contribution in [0.5, 0.6) is 0 Å². The van der Waals surface area contributed by atoms with Crippen LogP contribution in [0.15, 0.2) is 23.2 Å². The molecular weight excluding hydrogens is 285 g/mol. The molecule has 0 radical (unpaired) electrons. The molecule has 0 spiro atoms. The molecule has 1 aliphatic heterocycles. The fourth-order valence-corrected chi connectivity index (χ4v) is 2.53. The summed E-state index contributed by atoms with van der Waals surface area (Å²) in [6, 6.07) is -0.213. The quantitative estimate of drug-likeness (QED) is 0.771. The van der Waals surface area contributed by atoms with Crippen LogP contribution >= 0.6 is 23.2 Å². The Bertz CT molecular complexity index is 371. The molecule has 0 aromatic rings. The van der Waals surface area contributed by atoms with Crippen molar-refractivity contribution in [1.82, 2.24) is 14.7 Å². The lowest BCUT2D eigenvalue weighted by Gasteiger charge is -2.41. The third-order valence-corrected chi connectivity index (χ3v) is 3.31. The summed E-state index contributed by atoms with van der Waals surface area (Å²) in [5.74, 6) is 0.0720. The lowest BCUT2D eigenvalue weighted by molar-refractivity contribution is -0.136. The van der Waals surface area contributed by atoms with Crippen LogP contribution in [0.25, 0.3) is 0 Å². The lowest BCUT2D eigenvalue weighted by atomic mass is 10.1. The Kier molecular flexibility index (Phi) is 6.33. The molecule has 0 saturated carbocycles. The lowest BCUT2D eigenvalue weighted by Crippen LogP contribution is -2.59. The van der Waals surface area contributed by atoms with Crippen molar-refractivity contribution in [2.75, 3.05) is 46.8 Å². The zero-order chi connectivity index (χ0) is 14.6. The Morgan fingerprint density at radius 3 is 2.26 bits per heavy atom. The van der Waals surface area contributed by atoms with Gasteiger partial charge in [-0.05, 0) is 0 Å². The molecule has 0 N–H and O–H groups in total. The van der Waals surface area contributed by atoms with E-state index >= 15 is 0 Å². The number of likely N-dealkylation sites (N-methyl/N-ethyl adjacent to an activating group) is 1. The van der Waals surface area contributed by atoms with Crippen molar-refractivity contribution in [2.45, 2.75) is 6.04 Å². The van der Waals surface area contributed by atoms with Gasteiger partial charge in [-0.15, -0.1) is 0 Å². The van der Waals surface area contributed by atoms with Gasteiger partial charge in [0.1, 0.15) is 6.04 Å². The van der Waals surface area contributed by atoms with Gasteiger partial charge < -0.3 is 4.90 Å². The summed E-state index contributed by atoms with van der Waals surface area (Å²) in [5, 5.41) is 1.14. The number of carbonyl (C=O) groups is 1. The maximum absolute atomic E-state index is 12.3. The van der Waals surface area contributed by atoms with Gasteiger partial charge >= 0.3 is 0 Å². The molecule has 1 fully saturated rings. The van der Waals surface area contributed by atoms with E-state index in [9.17, 15) is 4.79 Å². The van der Waals surface area contributed by atoms with E-state index in [0.29, 0.717) is 29.7 Å². The summed E-state index contributed by atoms with van der Waals surface area (Å²) in [7, 11) is 3.52. The average Bonchev–Trinajstić information content (AvgIpc) is 2.28. The Balaban J connectivity index is 2.76. The Morgan fingerprint density at radius 2 is 1.79 bits per heavy atom. The maximum atomic E-state index is 12.3. The first-order valence-electron chi connectivity index (χ1n) is 6.15. The minimum atomic E-state index is -0.213. The fraction of sp³-hybridized carbons (Fsp3) is 0.615. The Hall–Kier alpha value is -0.550. The molecule has 1 amide bonds. The summed E-state index contributed by atoms with van der Waals surface area (Å²) in [6.45, 7) is 10.8. The molecule has 19 heavy (non-hydrogen) atoms. The topological polar surface area (TPSA) is 26.8 Å². The highest BCUT2D eigenvalue weighted by molar-refractivity contribution is 6.29. The highest BCUT2D eigenvalue weighted by Gasteiger charge is 2.33. The number of amides is 1. The minimum Gasteiger partial charge on any atom is -0.347 e. The molecule has 1 heterocycles.